The molecule has 1 heterocycles. The summed E-state index contributed by atoms with van der Waals surface area (Å²) in [5.41, 5.74) is 2.36. The summed E-state index contributed by atoms with van der Waals surface area (Å²) in [6.07, 6.45) is 1.54. The first-order chi connectivity index (χ1) is 16.4. The van der Waals surface area contributed by atoms with Crippen LogP contribution in [-0.4, -0.2) is 23.9 Å². The van der Waals surface area contributed by atoms with E-state index in [9.17, 15) is 9.59 Å². The van der Waals surface area contributed by atoms with Crippen LogP contribution in [0.1, 0.15) is 16.7 Å². The summed E-state index contributed by atoms with van der Waals surface area (Å²) in [7, 11) is 1.48. The lowest BCUT2D eigenvalue weighted by Crippen LogP contribution is -2.30. The minimum absolute atomic E-state index is 0.142. The molecule has 0 unspecified atom stereocenters. The minimum Gasteiger partial charge on any atom is -0.493 e. The quantitative estimate of drug-likeness (QED) is 0.294. The fraction of sp³-hybridized carbons (Fsp3) is 0.120. The predicted molar refractivity (Wildman–Crippen MR) is 132 cm³/mol. The van der Waals surface area contributed by atoms with Crippen molar-refractivity contribution < 1.29 is 19.1 Å². The highest BCUT2D eigenvalue weighted by Crippen LogP contribution is 2.38. The summed E-state index contributed by atoms with van der Waals surface area (Å²) >= 11 is 18.5. The SMILES string of the molecule is COc1cc(/C=C2/NC(=O)N(Cc3ccccc3)C2=O)cc(Cl)c1OCc1ccc(Cl)c(Cl)c1. The summed E-state index contributed by atoms with van der Waals surface area (Å²) in [6, 6.07) is 17.3. The van der Waals surface area contributed by atoms with Crippen molar-refractivity contribution in [3.05, 3.63) is 98.1 Å². The van der Waals surface area contributed by atoms with Crippen LogP contribution in [0.3, 0.4) is 0 Å². The van der Waals surface area contributed by atoms with Gasteiger partial charge in [0.05, 0.1) is 28.7 Å². The number of rotatable bonds is 7. The number of carbonyl (C=O) groups excluding carboxylic acids is 2. The third kappa shape index (κ3) is 5.30. The normalized spacial score (nSPS) is 14.5. The van der Waals surface area contributed by atoms with Crippen LogP contribution in [0.2, 0.25) is 15.1 Å². The van der Waals surface area contributed by atoms with E-state index in [2.05, 4.69) is 5.32 Å². The molecule has 3 aromatic carbocycles. The van der Waals surface area contributed by atoms with Gasteiger partial charge in [-0.2, -0.15) is 0 Å². The Bertz CT molecular complexity index is 1280. The van der Waals surface area contributed by atoms with Gasteiger partial charge in [-0.1, -0.05) is 71.2 Å². The number of methoxy groups -OCH3 is 1. The number of ether oxygens (including phenoxy) is 2. The Balaban J connectivity index is 1.53. The van der Waals surface area contributed by atoms with Crippen molar-refractivity contribution in [1.29, 1.82) is 0 Å². The number of amides is 3. The Kier molecular flexibility index (Phi) is 7.32. The highest BCUT2D eigenvalue weighted by molar-refractivity contribution is 6.42. The van der Waals surface area contributed by atoms with E-state index in [1.807, 2.05) is 30.3 Å². The fourth-order valence-electron chi connectivity index (χ4n) is 3.40. The van der Waals surface area contributed by atoms with Crippen molar-refractivity contribution in [3.8, 4) is 11.5 Å². The molecule has 4 rings (SSSR count). The number of carbonyl (C=O) groups is 2. The van der Waals surface area contributed by atoms with E-state index < -0.39 is 11.9 Å². The van der Waals surface area contributed by atoms with Crippen LogP contribution >= 0.6 is 34.8 Å². The molecule has 0 atom stereocenters. The van der Waals surface area contributed by atoms with Crippen LogP contribution in [0.25, 0.3) is 6.08 Å². The van der Waals surface area contributed by atoms with Crippen molar-refractivity contribution in [1.82, 2.24) is 10.2 Å². The number of nitrogens with zero attached hydrogens (tertiary/aromatic N) is 1. The van der Waals surface area contributed by atoms with E-state index in [1.54, 1.807) is 36.4 Å². The van der Waals surface area contributed by atoms with E-state index in [1.165, 1.54) is 7.11 Å². The maximum absolute atomic E-state index is 12.8. The molecule has 1 saturated heterocycles. The predicted octanol–water partition coefficient (Wildman–Crippen LogP) is 6.33. The van der Waals surface area contributed by atoms with E-state index in [4.69, 9.17) is 44.3 Å². The molecule has 1 fully saturated rings. The third-order valence-corrected chi connectivity index (χ3v) is 6.10. The Labute approximate surface area is 211 Å². The molecule has 9 heteroatoms. The van der Waals surface area contributed by atoms with Crippen molar-refractivity contribution in [2.24, 2.45) is 0 Å². The summed E-state index contributed by atoms with van der Waals surface area (Å²) in [6.45, 7) is 0.366. The molecule has 6 nitrogen and oxygen atoms in total. The van der Waals surface area contributed by atoms with Gasteiger partial charge in [-0.3, -0.25) is 9.69 Å². The van der Waals surface area contributed by atoms with Gasteiger partial charge in [0.15, 0.2) is 11.5 Å². The first-order valence-corrected chi connectivity index (χ1v) is 11.3. The van der Waals surface area contributed by atoms with Gasteiger partial charge in [0.2, 0.25) is 0 Å². The topological polar surface area (TPSA) is 67.9 Å². The molecule has 0 bridgehead atoms. The van der Waals surface area contributed by atoms with Crippen LogP contribution in [0.5, 0.6) is 11.5 Å². The summed E-state index contributed by atoms with van der Waals surface area (Å²) < 4.78 is 11.3. The lowest BCUT2D eigenvalue weighted by atomic mass is 10.1. The second-order valence-corrected chi connectivity index (χ2v) is 8.66. The fourth-order valence-corrected chi connectivity index (χ4v) is 3.99. The average molecular weight is 518 g/mol. The Morgan fingerprint density at radius 1 is 0.912 bits per heavy atom. The highest BCUT2D eigenvalue weighted by Gasteiger charge is 2.33. The van der Waals surface area contributed by atoms with Gasteiger partial charge in [-0.05, 0) is 47.0 Å². The monoisotopic (exact) mass is 516 g/mol. The van der Waals surface area contributed by atoms with Gasteiger partial charge in [-0.15, -0.1) is 0 Å². The number of halogens is 3. The molecule has 3 aromatic rings. The van der Waals surface area contributed by atoms with Crippen molar-refractivity contribution >= 4 is 52.8 Å². The van der Waals surface area contributed by atoms with E-state index in [0.29, 0.717) is 27.1 Å². The smallest absolute Gasteiger partial charge is 0.329 e. The van der Waals surface area contributed by atoms with E-state index in [-0.39, 0.29) is 23.9 Å². The number of benzene rings is 3. The zero-order chi connectivity index (χ0) is 24.2. The molecule has 3 amide bonds. The Morgan fingerprint density at radius 3 is 2.38 bits per heavy atom. The van der Waals surface area contributed by atoms with Crippen LogP contribution in [0.4, 0.5) is 4.79 Å². The Hall–Kier alpha value is -3.19. The van der Waals surface area contributed by atoms with Crippen LogP contribution in [-0.2, 0) is 17.9 Å². The van der Waals surface area contributed by atoms with E-state index in [0.717, 1.165) is 16.0 Å². The van der Waals surface area contributed by atoms with Gasteiger partial charge < -0.3 is 14.8 Å². The van der Waals surface area contributed by atoms with Gasteiger partial charge in [-0.25, -0.2) is 4.79 Å². The minimum atomic E-state index is -0.486. The molecule has 174 valence electrons. The lowest BCUT2D eigenvalue weighted by molar-refractivity contribution is -0.123. The van der Waals surface area contributed by atoms with Crippen LogP contribution < -0.4 is 14.8 Å². The largest absolute Gasteiger partial charge is 0.493 e. The van der Waals surface area contributed by atoms with E-state index >= 15 is 0 Å². The first kappa shape index (κ1) is 24.0. The van der Waals surface area contributed by atoms with Gasteiger partial charge in [0.1, 0.15) is 12.3 Å². The number of nitrogens with one attached hydrogen (secondary N) is 1. The zero-order valence-corrected chi connectivity index (χ0v) is 20.2. The molecule has 1 aliphatic heterocycles. The van der Waals surface area contributed by atoms with Gasteiger partial charge >= 0.3 is 6.03 Å². The Morgan fingerprint density at radius 2 is 1.68 bits per heavy atom. The maximum atomic E-state index is 12.8. The molecule has 0 radical (unpaired) electrons. The van der Waals surface area contributed by atoms with Crippen molar-refractivity contribution in [2.45, 2.75) is 13.2 Å². The molecule has 0 saturated carbocycles. The second kappa shape index (κ2) is 10.4. The molecular formula is C25H19Cl3N2O4. The highest BCUT2D eigenvalue weighted by atomic mass is 35.5. The maximum Gasteiger partial charge on any atom is 0.329 e. The average Bonchev–Trinajstić information content (AvgIpc) is 3.08. The molecular weight excluding hydrogens is 499 g/mol. The van der Waals surface area contributed by atoms with Crippen molar-refractivity contribution in [2.75, 3.05) is 7.11 Å². The second-order valence-electron chi connectivity index (χ2n) is 7.44. The number of urea groups is 1. The molecule has 34 heavy (non-hydrogen) atoms. The summed E-state index contributed by atoms with van der Waals surface area (Å²) in [5.74, 6) is 0.283. The lowest BCUT2D eigenvalue weighted by Gasteiger charge is -2.14. The first-order valence-electron chi connectivity index (χ1n) is 10.2. The zero-order valence-electron chi connectivity index (χ0n) is 18.0. The summed E-state index contributed by atoms with van der Waals surface area (Å²) in [4.78, 5) is 26.3. The molecule has 0 aromatic heterocycles. The molecule has 0 aliphatic carbocycles. The van der Waals surface area contributed by atoms with Crippen molar-refractivity contribution in [3.63, 3.8) is 0 Å². The summed E-state index contributed by atoms with van der Waals surface area (Å²) in [5, 5.41) is 3.77. The third-order valence-electron chi connectivity index (χ3n) is 5.08. The van der Waals surface area contributed by atoms with Gasteiger partial charge in [0.25, 0.3) is 5.91 Å². The number of hydrogen-bond acceptors (Lipinski definition) is 4. The van der Waals surface area contributed by atoms with Gasteiger partial charge in [0, 0.05) is 0 Å². The number of hydrogen-bond donors (Lipinski definition) is 1. The molecule has 0 spiro atoms. The molecule has 1 N–H and O–H groups in total. The standard InChI is InChI=1S/C25H19Cl3N2O4/c1-33-22-12-17(10-20(28)23(22)34-14-16-7-8-18(26)19(27)9-16)11-21-24(31)30(25(32)29-21)13-15-5-3-2-4-6-15/h2-12H,13-14H2,1H3,(H,29,32)/b21-11+. The van der Waals surface area contributed by atoms with Crippen LogP contribution in [0.15, 0.2) is 66.4 Å². The van der Waals surface area contributed by atoms with Crippen LogP contribution in [0, 0.1) is 0 Å². The molecule has 1 aliphatic rings. The number of imide groups is 1.